The summed E-state index contributed by atoms with van der Waals surface area (Å²) in [6.07, 6.45) is 1.67. The van der Waals surface area contributed by atoms with E-state index >= 15 is 0 Å². The zero-order valence-corrected chi connectivity index (χ0v) is 11.8. The molecule has 1 amide bonds. The average molecular weight is 280 g/mol. The van der Waals surface area contributed by atoms with Crippen LogP contribution in [0, 0.1) is 12.8 Å². The van der Waals surface area contributed by atoms with Crippen molar-refractivity contribution in [3.05, 3.63) is 23.9 Å². The highest BCUT2D eigenvalue weighted by Crippen LogP contribution is 2.08. The zero-order chi connectivity index (χ0) is 11.4. The fourth-order valence-corrected chi connectivity index (χ4v) is 1.08. The van der Waals surface area contributed by atoms with Crippen LogP contribution in [0.25, 0.3) is 0 Å². The molecule has 3 N–H and O–H groups in total. The van der Waals surface area contributed by atoms with Crippen LogP contribution in [-0.2, 0) is 4.79 Å². The molecule has 0 aromatic carbocycles. The molecule has 0 radical (unpaired) electrons. The summed E-state index contributed by atoms with van der Waals surface area (Å²) in [5, 5.41) is 2.73. The van der Waals surface area contributed by atoms with Gasteiger partial charge in [0, 0.05) is 12.2 Å². The van der Waals surface area contributed by atoms with Crippen LogP contribution in [0.4, 0.5) is 5.82 Å². The number of aromatic nitrogens is 1. The number of aryl methyl sites for hydroxylation is 1. The molecule has 1 aromatic rings. The summed E-state index contributed by atoms with van der Waals surface area (Å²) in [5.74, 6) is 0.267. The molecular weight excluding hydrogens is 261 g/mol. The van der Waals surface area contributed by atoms with Crippen LogP contribution in [0.1, 0.15) is 19.4 Å². The third-order valence-corrected chi connectivity index (χ3v) is 2.37. The lowest BCUT2D eigenvalue weighted by Gasteiger charge is -2.14. The van der Waals surface area contributed by atoms with Gasteiger partial charge in [0.15, 0.2) is 0 Å². The number of nitrogens with two attached hydrogens (primary N) is 1. The predicted molar refractivity (Wildman–Crippen MR) is 74.9 cm³/mol. The molecule has 6 heteroatoms. The number of amides is 1. The average Bonchev–Trinajstić information content (AvgIpc) is 2.16. The van der Waals surface area contributed by atoms with E-state index in [1.54, 1.807) is 13.1 Å². The number of halogens is 2. The lowest BCUT2D eigenvalue weighted by atomic mass is 10.0. The number of anilines is 1. The standard InChI is InChI=1S/C11H17N3O.2ClH/c1-7-4-5-13-10(6-7)14-11(15)8(2)9(3)12;;/h4-6,8-9H,12H2,1-3H3,(H,13,14,15);2*1H. The highest BCUT2D eigenvalue weighted by Gasteiger charge is 2.17. The SMILES string of the molecule is Cc1ccnc(NC(=O)C(C)C(C)N)c1.Cl.Cl. The molecule has 98 valence electrons. The summed E-state index contributed by atoms with van der Waals surface area (Å²) < 4.78 is 0. The first-order chi connectivity index (χ1) is 7.00. The molecule has 1 aromatic heterocycles. The van der Waals surface area contributed by atoms with Crippen LogP contribution < -0.4 is 11.1 Å². The maximum Gasteiger partial charge on any atom is 0.229 e. The quantitative estimate of drug-likeness (QED) is 0.891. The minimum absolute atomic E-state index is 0. The van der Waals surface area contributed by atoms with Gasteiger partial charge in [-0.05, 0) is 31.5 Å². The Bertz CT molecular complexity index is 358. The highest BCUT2D eigenvalue weighted by atomic mass is 35.5. The summed E-state index contributed by atoms with van der Waals surface area (Å²) in [5.41, 5.74) is 6.70. The van der Waals surface area contributed by atoms with E-state index in [2.05, 4.69) is 10.3 Å². The number of hydrogen-bond acceptors (Lipinski definition) is 3. The summed E-state index contributed by atoms with van der Waals surface area (Å²) in [4.78, 5) is 15.7. The Morgan fingerprint density at radius 3 is 2.47 bits per heavy atom. The third-order valence-electron chi connectivity index (χ3n) is 2.37. The molecule has 1 rings (SSSR count). The Kier molecular flexibility index (Phi) is 9.02. The molecule has 0 saturated carbocycles. The Balaban J connectivity index is 0. The van der Waals surface area contributed by atoms with Crippen LogP contribution in [-0.4, -0.2) is 16.9 Å². The van der Waals surface area contributed by atoms with Crippen LogP contribution >= 0.6 is 24.8 Å². The molecule has 0 aliphatic rings. The van der Waals surface area contributed by atoms with Gasteiger partial charge in [-0.15, -0.1) is 24.8 Å². The van der Waals surface area contributed by atoms with Crippen molar-refractivity contribution in [1.29, 1.82) is 0 Å². The molecule has 0 aliphatic heterocycles. The molecule has 0 fully saturated rings. The fourth-order valence-electron chi connectivity index (χ4n) is 1.08. The molecule has 0 spiro atoms. The predicted octanol–water partition coefficient (Wildman–Crippen LogP) is 2.16. The first-order valence-electron chi connectivity index (χ1n) is 5.00. The van der Waals surface area contributed by atoms with E-state index in [0.717, 1.165) is 5.56 Å². The van der Waals surface area contributed by atoms with Gasteiger partial charge in [0.25, 0.3) is 0 Å². The number of rotatable bonds is 3. The highest BCUT2D eigenvalue weighted by molar-refractivity contribution is 5.91. The Hall–Kier alpha value is -0.840. The first-order valence-corrected chi connectivity index (χ1v) is 5.00. The number of carbonyl (C=O) groups excluding carboxylic acids is 1. The van der Waals surface area contributed by atoms with Crippen molar-refractivity contribution in [2.45, 2.75) is 26.8 Å². The second-order valence-electron chi connectivity index (χ2n) is 3.86. The zero-order valence-electron chi connectivity index (χ0n) is 10.1. The Morgan fingerprint density at radius 1 is 1.41 bits per heavy atom. The third kappa shape index (κ3) is 5.86. The first kappa shape index (κ1) is 18.5. The van der Waals surface area contributed by atoms with Crippen molar-refractivity contribution in [3.8, 4) is 0 Å². The summed E-state index contributed by atoms with van der Waals surface area (Å²) in [6.45, 7) is 5.57. The minimum atomic E-state index is -0.215. The molecule has 1 heterocycles. The van der Waals surface area contributed by atoms with Gasteiger partial charge < -0.3 is 11.1 Å². The van der Waals surface area contributed by atoms with Crippen molar-refractivity contribution in [1.82, 2.24) is 4.98 Å². The van der Waals surface area contributed by atoms with Crippen molar-refractivity contribution in [2.24, 2.45) is 11.7 Å². The monoisotopic (exact) mass is 279 g/mol. The van der Waals surface area contributed by atoms with E-state index in [-0.39, 0.29) is 42.7 Å². The number of nitrogens with zero attached hydrogens (tertiary/aromatic N) is 1. The van der Waals surface area contributed by atoms with Gasteiger partial charge >= 0.3 is 0 Å². The van der Waals surface area contributed by atoms with Gasteiger partial charge in [0.2, 0.25) is 5.91 Å². The van der Waals surface area contributed by atoms with Gasteiger partial charge in [-0.25, -0.2) is 4.98 Å². The largest absolute Gasteiger partial charge is 0.327 e. The minimum Gasteiger partial charge on any atom is -0.327 e. The van der Waals surface area contributed by atoms with Crippen molar-refractivity contribution in [3.63, 3.8) is 0 Å². The van der Waals surface area contributed by atoms with E-state index in [9.17, 15) is 4.79 Å². The summed E-state index contributed by atoms with van der Waals surface area (Å²) in [6, 6.07) is 3.55. The van der Waals surface area contributed by atoms with E-state index in [0.29, 0.717) is 5.82 Å². The number of nitrogens with one attached hydrogen (secondary N) is 1. The molecule has 2 unspecified atom stereocenters. The van der Waals surface area contributed by atoms with Crippen LogP contribution in [0.5, 0.6) is 0 Å². The molecule has 0 bridgehead atoms. The van der Waals surface area contributed by atoms with Gasteiger partial charge in [0.05, 0.1) is 5.92 Å². The lowest BCUT2D eigenvalue weighted by Crippen LogP contribution is -2.34. The van der Waals surface area contributed by atoms with E-state index in [1.165, 1.54) is 0 Å². The molecular formula is C11H19Cl2N3O. The molecule has 0 saturated heterocycles. The molecule has 0 aliphatic carbocycles. The topological polar surface area (TPSA) is 68.0 Å². The lowest BCUT2D eigenvalue weighted by molar-refractivity contribution is -0.119. The van der Waals surface area contributed by atoms with Gasteiger partial charge in [-0.2, -0.15) is 0 Å². The Labute approximate surface area is 114 Å². The van der Waals surface area contributed by atoms with Gasteiger partial charge in [0.1, 0.15) is 5.82 Å². The number of pyridine rings is 1. The van der Waals surface area contributed by atoms with Crippen LogP contribution in [0.2, 0.25) is 0 Å². The molecule has 2 atom stereocenters. The second-order valence-corrected chi connectivity index (χ2v) is 3.86. The maximum atomic E-state index is 11.6. The van der Waals surface area contributed by atoms with E-state index in [4.69, 9.17) is 5.73 Å². The van der Waals surface area contributed by atoms with E-state index in [1.807, 2.05) is 26.0 Å². The van der Waals surface area contributed by atoms with Gasteiger partial charge in [-0.1, -0.05) is 6.92 Å². The molecule has 4 nitrogen and oxygen atoms in total. The van der Waals surface area contributed by atoms with Crippen molar-refractivity contribution < 1.29 is 4.79 Å². The fraction of sp³-hybridized carbons (Fsp3) is 0.455. The number of carbonyl (C=O) groups is 1. The van der Waals surface area contributed by atoms with E-state index < -0.39 is 0 Å². The maximum absolute atomic E-state index is 11.6. The second kappa shape index (κ2) is 8.28. The Morgan fingerprint density at radius 2 is 2.00 bits per heavy atom. The molecule has 17 heavy (non-hydrogen) atoms. The number of hydrogen-bond donors (Lipinski definition) is 2. The van der Waals surface area contributed by atoms with Crippen molar-refractivity contribution in [2.75, 3.05) is 5.32 Å². The van der Waals surface area contributed by atoms with Gasteiger partial charge in [-0.3, -0.25) is 4.79 Å². The normalized spacial score (nSPS) is 12.7. The van der Waals surface area contributed by atoms with Crippen LogP contribution in [0.3, 0.4) is 0 Å². The van der Waals surface area contributed by atoms with Crippen LogP contribution in [0.15, 0.2) is 18.3 Å². The summed E-state index contributed by atoms with van der Waals surface area (Å²) in [7, 11) is 0. The summed E-state index contributed by atoms with van der Waals surface area (Å²) >= 11 is 0. The van der Waals surface area contributed by atoms with Crippen molar-refractivity contribution >= 4 is 36.5 Å². The smallest absolute Gasteiger partial charge is 0.229 e.